The monoisotopic (exact) mass is 266 g/mol. The van der Waals surface area contributed by atoms with Gasteiger partial charge in [0.1, 0.15) is 5.82 Å². The maximum absolute atomic E-state index is 12.5. The molecule has 0 aliphatic carbocycles. The third kappa shape index (κ3) is 3.77. The zero-order chi connectivity index (χ0) is 13.1. The third-order valence-electron chi connectivity index (χ3n) is 2.59. The van der Waals surface area contributed by atoms with Crippen LogP contribution in [0.5, 0.6) is 0 Å². The summed E-state index contributed by atoms with van der Waals surface area (Å²) in [6, 6.07) is 1.93. The number of nitrogens with zero attached hydrogens (tertiary/aromatic N) is 1. The number of aromatic nitrogens is 1. The molecule has 1 aromatic rings. The Hall–Kier alpha value is -0.970. The molecule has 0 amide bonds. The fourth-order valence-electron chi connectivity index (χ4n) is 1.20. The highest BCUT2D eigenvalue weighted by molar-refractivity contribution is 6.18. The maximum Gasteiger partial charge on any atom is 0.416 e. The van der Waals surface area contributed by atoms with Crippen LogP contribution in [0.25, 0.3) is 0 Å². The highest BCUT2D eigenvalue weighted by Gasteiger charge is 2.31. The Balaban J connectivity index is 2.93. The largest absolute Gasteiger partial charge is 0.416 e. The third-order valence-corrected chi connectivity index (χ3v) is 3.18. The molecule has 17 heavy (non-hydrogen) atoms. The van der Waals surface area contributed by atoms with Gasteiger partial charge in [0, 0.05) is 17.6 Å². The summed E-state index contributed by atoms with van der Waals surface area (Å²) in [5, 5.41) is 2.92. The standard InChI is InChI=1S/C11H14ClF3N2/c1-3-10(2,7-12)17-9-6-8(4-5-16-9)11(13,14)15/h4-6H,3,7H2,1-2H3,(H,16,17). The molecule has 0 spiro atoms. The molecule has 1 aromatic heterocycles. The van der Waals surface area contributed by atoms with E-state index in [-0.39, 0.29) is 5.82 Å². The number of alkyl halides is 4. The second-order valence-corrected chi connectivity index (χ2v) is 4.37. The Morgan fingerprint density at radius 3 is 2.53 bits per heavy atom. The molecule has 0 aliphatic rings. The number of hydrogen-bond donors (Lipinski definition) is 1. The highest BCUT2D eigenvalue weighted by atomic mass is 35.5. The minimum absolute atomic E-state index is 0.185. The second-order valence-electron chi connectivity index (χ2n) is 4.10. The first-order valence-electron chi connectivity index (χ1n) is 5.18. The van der Waals surface area contributed by atoms with Crippen LogP contribution in [0.4, 0.5) is 19.0 Å². The number of nitrogens with one attached hydrogen (secondary N) is 1. The van der Waals surface area contributed by atoms with Crippen molar-refractivity contribution in [2.75, 3.05) is 11.2 Å². The lowest BCUT2D eigenvalue weighted by Crippen LogP contribution is -2.36. The van der Waals surface area contributed by atoms with Crippen molar-refractivity contribution < 1.29 is 13.2 Å². The summed E-state index contributed by atoms with van der Waals surface area (Å²) in [6.45, 7) is 3.74. The number of halogens is 4. The van der Waals surface area contributed by atoms with Crippen LogP contribution in [-0.2, 0) is 6.18 Å². The van der Waals surface area contributed by atoms with Crippen molar-refractivity contribution in [1.82, 2.24) is 4.98 Å². The molecular weight excluding hydrogens is 253 g/mol. The Bertz CT molecular complexity index is 375. The molecule has 1 atom stereocenters. The van der Waals surface area contributed by atoms with Crippen molar-refractivity contribution in [1.29, 1.82) is 0 Å². The molecule has 0 saturated carbocycles. The van der Waals surface area contributed by atoms with Crippen molar-refractivity contribution >= 4 is 17.4 Å². The molecule has 1 heterocycles. The summed E-state index contributed by atoms with van der Waals surface area (Å²) in [5.74, 6) is 0.478. The topological polar surface area (TPSA) is 24.9 Å². The summed E-state index contributed by atoms with van der Waals surface area (Å²) >= 11 is 5.78. The highest BCUT2D eigenvalue weighted by Crippen LogP contribution is 2.30. The molecule has 6 heteroatoms. The molecule has 0 saturated heterocycles. The van der Waals surface area contributed by atoms with Gasteiger partial charge in [0.15, 0.2) is 0 Å². The molecule has 1 rings (SSSR count). The Morgan fingerprint density at radius 2 is 2.06 bits per heavy atom. The van der Waals surface area contributed by atoms with E-state index in [9.17, 15) is 13.2 Å². The molecule has 0 radical (unpaired) electrons. The van der Waals surface area contributed by atoms with E-state index < -0.39 is 17.3 Å². The fraction of sp³-hybridized carbons (Fsp3) is 0.545. The predicted molar refractivity (Wildman–Crippen MR) is 62.3 cm³/mol. The molecule has 2 nitrogen and oxygen atoms in total. The number of hydrogen-bond acceptors (Lipinski definition) is 2. The van der Waals surface area contributed by atoms with Gasteiger partial charge in [-0.05, 0) is 25.5 Å². The van der Waals surface area contributed by atoms with E-state index in [0.29, 0.717) is 12.3 Å². The van der Waals surface area contributed by atoms with E-state index in [2.05, 4.69) is 10.3 Å². The van der Waals surface area contributed by atoms with Gasteiger partial charge in [0.2, 0.25) is 0 Å². The molecular formula is C11H14ClF3N2. The van der Waals surface area contributed by atoms with E-state index in [4.69, 9.17) is 11.6 Å². The molecule has 1 unspecified atom stereocenters. The van der Waals surface area contributed by atoms with Gasteiger partial charge < -0.3 is 5.32 Å². The normalized spacial score (nSPS) is 15.4. The zero-order valence-electron chi connectivity index (χ0n) is 9.61. The van der Waals surface area contributed by atoms with Crippen LogP contribution < -0.4 is 5.32 Å². The lowest BCUT2D eigenvalue weighted by atomic mass is 10.0. The van der Waals surface area contributed by atoms with E-state index in [1.807, 2.05) is 13.8 Å². The average molecular weight is 267 g/mol. The van der Waals surface area contributed by atoms with Crippen LogP contribution in [0.15, 0.2) is 18.3 Å². The van der Waals surface area contributed by atoms with Gasteiger partial charge in [-0.3, -0.25) is 0 Å². The first kappa shape index (κ1) is 14.1. The molecule has 0 aromatic carbocycles. The molecule has 0 aliphatic heterocycles. The molecule has 1 N–H and O–H groups in total. The Labute approximate surface area is 103 Å². The van der Waals surface area contributed by atoms with E-state index in [1.54, 1.807) is 0 Å². The van der Waals surface area contributed by atoms with Crippen molar-refractivity contribution in [2.24, 2.45) is 0 Å². The Morgan fingerprint density at radius 1 is 1.41 bits per heavy atom. The summed E-state index contributed by atoms with van der Waals surface area (Å²) in [5.41, 5.74) is -1.18. The van der Waals surface area contributed by atoms with Crippen LogP contribution >= 0.6 is 11.6 Å². The second kappa shape index (κ2) is 5.12. The van der Waals surface area contributed by atoms with Crippen LogP contribution in [0.3, 0.4) is 0 Å². The fourth-order valence-corrected chi connectivity index (χ4v) is 1.46. The molecule has 0 bridgehead atoms. The van der Waals surface area contributed by atoms with Gasteiger partial charge in [-0.2, -0.15) is 13.2 Å². The number of anilines is 1. The van der Waals surface area contributed by atoms with E-state index in [0.717, 1.165) is 18.3 Å². The molecule has 96 valence electrons. The van der Waals surface area contributed by atoms with Gasteiger partial charge in [-0.1, -0.05) is 6.92 Å². The first-order valence-corrected chi connectivity index (χ1v) is 5.71. The minimum atomic E-state index is -4.36. The number of rotatable bonds is 4. The van der Waals surface area contributed by atoms with Crippen molar-refractivity contribution in [3.05, 3.63) is 23.9 Å². The maximum atomic E-state index is 12.5. The lowest BCUT2D eigenvalue weighted by Gasteiger charge is -2.27. The van der Waals surface area contributed by atoms with Crippen LogP contribution in [-0.4, -0.2) is 16.4 Å². The van der Waals surface area contributed by atoms with Crippen molar-refractivity contribution in [3.8, 4) is 0 Å². The van der Waals surface area contributed by atoms with Crippen LogP contribution in [0.1, 0.15) is 25.8 Å². The van der Waals surface area contributed by atoms with Crippen molar-refractivity contribution in [3.63, 3.8) is 0 Å². The van der Waals surface area contributed by atoms with Gasteiger partial charge in [0.25, 0.3) is 0 Å². The average Bonchev–Trinajstić information content (AvgIpc) is 2.28. The number of pyridine rings is 1. The van der Waals surface area contributed by atoms with Gasteiger partial charge in [-0.15, -0.1) is 11.6 Å². The lowest BCUT2D eigenvalue weighted by molar-refractivity contribution is -0.137. The summed E-state index contributed by atoms with van der Waals surface area (Å²) in [4.78, 5) is 3.86. The summed E-state index contributed by atoms with van der Waals surface area (Å²) in [6.07, 6.45) is -2.53. The quantitative estimate of drug-likeness (QED) is 0.836. The predicted octanol–water partition coefficient (Wildman–Crippen LogP) is 3.92. The molecule has 0 fully saturated rings. The van der Waals surface area contributed by atoms with Gasteiger partial charge >= 0.3 is 6.18 Å². The van der Waals surface area contributed by atoms with Gasteiger partial charge in [0.05, 0.1) is 5.56 Å². The minimum Gasteiger partial charge on any atom is -0.364 e. The first-order chi connectivity index (χ1) is 7.80. The zero-order valence-corrected chi connectivity index (χ0v) is 10.4. The summed E-state index contributed by atoms with van der Waals surface area (Å²) in [7, 11) is 0. The van der Waals surface area contributed by atoms with E-state index >= 15 is 0 Å². The van der Waals surface area contributed by atoms with Crippen molar-refractivity contribution in [2.45, 2.75) is 32.0 Å². The summed E-state index contributed by atoms with van der Waals surface area (Å²) < 4.78 is 37.4. The Kier molecular flexibility index (Phi) is 4.25. The van der Waals surface area contributed by atoms with Crippen LogP contribution in [0, 0.1) is 0 Å². The van der Waals surface area contributed by atoms with E-state index in [1.165, 1.54) is 0 Å². The SMILES string of the molecule is CCC(C)(CCl)Nc1cc(C(F)(F)F)ccn1. The smallest absolute Gasteiger partial charge is 0.364 e. The van der Waals surface area contributed by atoms with Crippen LogP contribution in [0.2, 0.25) is 0 Å². The van der Waals surface area contributed by atoms with Gasteiger partial charge in [-0.25, -0.2) is 4.98 Å².